The third-order valence-electron chi connectivity index (χ3n) is 3.94. The lowest BCUT2D eigenvalue weighted by Crippen LogP contribution is -2.01. The Balaban J connectivity index is 1.72. The number of phenols is 2. The number of hydrogen-bond acceptors (Lipinski definition) is 4. The summed E-state index contributed by atoms with van der Waals surface area (Å²) in [5.41, 5.74) is 0. The molecule has 4 aromatic carbocycles. The maximum Gasteiger partial charge on any atom is 0.186 e. The monoisotopic (exact) mass is 318 g/mol. The van der Waals surface area contributed by atoms with Crippen LogP contribution >= 0.6 is 0 Å². The van der Waals surface area contributed by atoms with Gasteiger partial charge in [0.15, 0.2) is 11.5 Å². The third-order valence-corrected chi connectivity index (χ3v) is 3.94. The van der Waals surface area contributed by atoms with E-state index in [-0.39, 0.29) is 11.5 Å². The summed E-state index contributed by atoms with van der Waals surface area (Å²) >= 11 is 0. The van der Waals surface area contributed by atoms with E-state index in [1.165, 1.54) is 0 Å². The van der Waals surface area contributed by atoms with Crippen molar-refractivity contribution in [1.29, 1.82) is 0 Å². The Hall–Kier alpha value is -3.40. The van der Waals surface area contributed by atoms with E-state index in [0.29, 0.717) is 22.3 Å². The molecule has 4 aromatic rings. The van der Waals surface area contributed by atoms with E-state index in [2.05, 4.69) is 0 Å². The largest absolute Gasteiger partial charge is 0.507 e. The van der Waals surface area contributed by atoms with Crippen molar-refractivity contribution in [3.05, 3.63) is 72.8 Å². The second kappa shape index (κ2) is 5.66. The first-order chi connectivity index (χ1) is 11.7. The fourth-order valence-corrected chi connectivity index (χ4v) is 2.75. The number of benzene rings is 4. The van der Waals surface area contributed by atoms with Gasteiger partial charge in [-0.15, -0.1) is 0 Å². The van der Waals surface area contributed by atoms with Crippen LogP contribution in [0.4, 0.5) is 0 Å². The van der Waals surface area contributed by atoms with Gasteiger partial charge in [-0.25, -0.2) is 0 Å². The highest BCUT2D eigenvalue weighted by Gasteiger charge is 2.10. The molecule has 0 heterocycles. The molecule has 4 nitrogen and oxygen atoms in total. The summed E-state index contributed by atoms with van der Waals surface area (Å²) in [4.78, 5) is 11.0. The molecule has 0 aliphatic heterocycles. The number of phenolic OH excluding ortho intramolecular Hbond substituents is 2. The van der Waals surface area contributed by atoms with Crippen LogP contribution in [0.1, 0.15) is 0 Å². The van der Waals surface area contributed by atoms with Gasteiger partial charge in [-0.1, -0.05) is 48.5 Å². The van der Waals surface area contributed by atoms with Crippen LogP contribution in [0.2, 0.25) is 0 Å². The minimum Gasteiger partial charge on any atom is -0.507 e. The van der Waals surface area contributed by atoms with Crippen LogP contribution in [-0.2, 0) is 0 Å². The minimum absolute atomic E-state index is 0.188. The van der Waals surface area contributed by atoms with Gasteiger partial charge in [0.25, 0.3) is 0 Å². The predicted molar refractivity (Wildman–Crippen MR) is 92.5 cm³/mol. The van der Waals surface area contributed by atoms with Gasteiger partial charge in [-0.2, -0.15) is 0 Å². The average molecular weight is 318 g/mol. The Morgan fingerprint density at radius 2 is 0.833 bits per heavy atom. The summed E-state index contributed by atoms with van der Waals surface area (Å²) in [5, 5.41) is 22.7. The summed E-state index contributed by atoms with van der Waals surface area (Å²) in [6.45, 7) is 0. The molecular formula is C20H14O4. The van der Waals surface area contributed by atoms with Crippen LogP contribution in [0.3, 0.4) is 0 Å². The number of hydrogen-bond donors (Lipinski definition) is 2. The Morgan fingerprint density at radius 3 is 1.25 bits per heavy atom. The van der Waals surface area contributed by atoms with Crippen molar-refractivity contribution < 1.29 is 20.0 Å². The van der Waals surface area contributed by atoms with Crippen molar-refractivity contribution in [2.45, 2.75) is 0 Å². The molecule has 118 valence electrons. The second-order valence-electron chi connectivity index (χ2n) is 5.42. The molecule has 4 rings (SSSR count). The van der Waals surface area contributed by atoms with E-state index in [0.717, 1.165) is 10.8 Å². The molecule has 24 heavy (non-hydrogen) atoms. The lowest BCUT2D eigenvalue weighted by atomic mass is 10.1. The molecule has 0 aliphatic carbocycles. The van der Waals surface area contributed by atoms with E-state index in [1.54, 1.807) is 24.3 Å². The lowest BCUT2D eigenvalue weighted by Gasteiger charge is -2.11. The normalized spacial score (nSPS) is 10.8. The molecular weight excluding hydrogens is 304 g/mol. The Kier molecular flexibility index (Phi) is 3.35. The molecule has 0 saturated carbocycles. The van der Waals surface area contributed by atoms with E-state index < -0.39 is 0 Å². The van der Waals surface area contributed by atoms with E-state index in [1.807, 2.05) is 48.5 Å². The fraction of sp³-hybridized carbons (Fsp3) is 0. The fourth-order valence-electron chi connectivity index (χ4n) is 2.75. The first-order valence-corrected chi connectivity index (χ1v) is 7.50. The predicted octanol–water partition coefficient (Wildman–Crippen LogP) is 4.78. The first-order valence-electron chi connectivity index (χ1n) is 7.50. The minimum atomic E-state index is 0.188. The molecule has 0 aliphatic rings. The van der Waals surface area contributed by atoms with E-state index in [9.17, 15) is 10.2 Å². The van der Waals surface area contributed by atoms with Gasteiger partial charge in [0, 0.05) is 21.5 Å². The molecule has 0 unspecified atom stereocenters. The van der Waals surface area contributed by atoms with Crippen molar-refractivity contribution in [3.8, 4) is 23.0 Å². The van der Waals surface area contributed by atoms with Crippen LogP contribution in [0, 0.1) is 0 Å². The third kappa shape index (κ3) is 2.34. The van der Waals surface area contributed by atoms with Gasteiger partial charge in [-0.05, 0) is 24.3 Å². The van der Waals surface area contributed by atoms with Crippen molar-refractivity contribution in [2.75, 3.05) is 0 Å². The van der Waals surface area contributed by atoms with Crippen LogP contribution in [-0.4, -0.2) is 10.2 Å². The smallest absolute Gasteiger partial charge is 0.186 e. The standard InChI is InChI=1S/C20H14O4/c21-17-9-11-19(15-7-3-1-5-13(15)17)23-24-20-12-10-18(22)14-6-2-4-8-16(14)20/h1-12,21-22H. The zero-order valence-electron chi connectivity index (χ0n) is 12.6. The van der Waals surface area contributed by atoms with Crippen LogP contribution < -0.4 is 9.78 Å². The van der Waals surface area contributed by atoms with E-state index in [4.69, 9.17) is 9.78 Å². The van der Waals surface area contributed by atoms with Crippen molar-refractivity contribution in [1.82, 2.24) is 0 Å². The van der Waals surface area contributed by atoms with Gasteiger partial charge in [-0.3, -0.25) is 9.78 Å². The molecule has 4 heteroatoms. The van der Waals surface area contributed by atoms with Crippen LogP contribution in [0.25, 0.3) is 21.5 Å². The van der Waals surface area contributed by atoms with Gasteiger partial charge in [0.05, 0.1) is 0 Å². The molecule has 0 fully saturated rings. The first kappa shape index (κ1) is 14.2. The summed E-state index contributed by atoms with van der Waals surface area (Å²) < 4.78 is 0. The van der Waals surface area contributed by atoms with Crippen LogP contribution in [0.15, 0.2) is 72.8 Å². The highest BCUT2D eigenvalue weighted by Crippen LogP contribution is 2.35. The molecule has 0 aromatic heterocycles. The van der Waals surface area contributed by atoms with Crippen molar-refractivity contribution in [2.24, 2.45) is 0 Å². The maximum atomic E-state index is 9.93. The van der Waals surface area contributed by atoms with Gasteiger partial charge >= 0.3 is 0 Å². The second-order valence-corrected chi connectivity index (χ2v) is 5.42. The molecule has 0 bridgehead atoms. The average Bonchev–Trinajstić information content (AvgIpc) is 2.63. The number of fused-ring (bicyclic) bond motifs is 2. The lowest BCUT2D eigenvalue weighted by molar-refractivity contribution is -0.0969. The quantitative estimate of drug-likeness (QED) is 0.422. The number of aromatic hydroxyl groups is 2. The zero-order chi connectivity index (χ0) is 16.5. The topological polar surface area (TPSA) is 58.9 Å². The molecule has 0 atom stereocenters. The van der Waals surface area contributed by atoms with Crippen molar-refractivity contribution in [3.63, 3.8) is 0 Å². The molecule has 0 spiro atoms. The highest BCUT2D eigenvalue weighted by molar-refractivity contribution is 5.94. The van der Waals surface area contributed by atoms with Gasteiger partial charge in [0.1, 0.15) is 11.5 Å². The number of rotatable bonds is 3. The van der Waals surface area contributed by atoms with Gasteiger partial charge < -0.3 is 10.2 Å². The maximum absolute atomic E-state index is 9.93. The Morgan fingerprint density at radius 1 is 0.458 bits per heavy atom. The van der Waals surface area contributed by atoms with Crippen molar-refractivity contribution >= 4 is 21.5 Å². The molecule has 0 radical (unpaired) electrons. The summed E-state index contributed by atoms with van der Waals surface area (Å²) in [6, 6.07) is 21.2. The molecule has 0 saturated heterocycles. The van der Waals surface area contributed by atoms with Crippen LogP contribution in [0.5, 0.6) is 23.0 Å². The summed E-state index contributed by atoms with van der Waals surface area (Å²) in [5.74, 6) is 1.38. The van der Waals surface area contributed by atoms with Gasteiger partial charge in [0.2, 0.25) is 0 Å². The Bertz CT molecular complexity index is 955. The SMILES string of the molecule is Oc1ccc(OOc2ccc(O)c3ccccc23)c2ccccc12. The summed E-state index contributed by atoms with van der Waals surface area (Å²) in [7, 11) is 0. The zero-order valence-corrected chi connectivity index (χ0v) is 12.6. The molecule has 2 N–H and O–H groups in total. The summed E-state index contributed by atoms with van der Waals surface area (Å²) in [6.07, 6.45) is 0. The molecule has 0 amide bonds. The van der Waals surface area contributed by atoms with E-state index >= 15 is 0 Å². The Labute approximate surface area is 138 Å². The highest BCUT2D eigenvalue weighted by atomic mass is 17.2.